The summed E-state index contributed by atoms with van der Waals surface area (Å²) in [6.07, 6.45) is 5.05. The highest BCUT2D eigenvalue weighted by atomic mass is 35.5. The first-order valence-electron chi connectivity index (χ1n) is 11.7. The number of aromatic nitrogens is 5. The number of carbonyl (C=O) groups is 2. The Morgan fingerprint density at radius 2 is 1.95 bits per heavy atom. The van der Waals surface area contributed by atoms with Crippen LogP contribution in [0.25, 0.3) is 16.8 Å². The van der Waals surface area contributed by atoms with E-state index in [1.165, 1.54) is 36.3 Å². The third kappa shape index (κ3) is 5.19. The van der Waals surface area contributed by atoms with Crippen molar-refractivity contribution in [2.45, 2.75) is 32.1 Å². The molecule has 0 bridgehead atoms. The number of carbonyl (C=O) groups excluding carboxylic acids is 2. The molecule has 5 rings (SSSR count). The fourth-order valence-electron chi connectivity index (χ4n) is 4.25. The molecule has 1 atom stereocenters. The lowest BCUT2D eigenvalue weighted by molar-refractivity contribution is -0.614. The predicted octanol–water partition coefficient (Wildman–Crippen LogP) is 4.48. The van der Waals surface area contributed by atoms with Gasteiger partial charge in [-0.2, -0.15) is 9.41 Å². The average molecular weight is 521 g/mol. The van der Waals surface area contributed by atoms with Crippen LogP contribution in [0.15, 0.2) is 61.1 Å². The van der Waals surface area contributed by atoms with E-state index in [9.17, 15) is 14.8 Å². The first-order chi connectivity index (χ1) is 17.8. The minimum absolute atomic E-state index is 0.0599. The topological polar surface area (TPSA) is 117 Å². The molecule has 37 heavy (non-hydrogen) atoms. The van der Waals surface area contributed by atoms with Crippen molar-refractivity contribution in [2.24, 2.45) is 5.92 Å². The molecule has 1 unspecified atom stereocenters. The maximum atomic E-state index is 15.1. The lowest BCUT2D eigenvalue weighted by Gasteiger charge is -2.18. The van der Waals surface area contributed by atoms with Crippen LogP contribution in [0, 0.1) is 16.9 Å². The third-order valence-corrected chi connectivity index (χ3v) is 6.69. The van der Waals surface area contributed by atoms with Gasteiger partial charge in [0.15, 0.2) is 17.8 Å². The first kappa shape index (κ1) is 24.5. The molecule has 1 aliphatic rings. The van der Waals surface area contributed by atoms with Crippen molar-refractivity contribution in [3.05, 3.63) is 88.4 Å². The molecule has 1 amide bonds. The number of ketones is 1. The minimum Gasteiger partial charge on any atom is -0.618 e. The Hall–Kier alpha value is -4.18. The van der Waals surface area contributed by atoms with Crippen LogP contribution in [-0.4, -0.2) is 31.9 Å². The van der Waals surface area contributed by atoms with Crippen LogP contribution in [0.1, 0.15) is 48.2 Å². The number of tetrazole rings is 1. The van der Waals surface area contributed by atoms with Gasteiger partial charge in [0.1, 0.15) is 12.2 Å². The van der Waals surface area contributed by atoms with Crippen molar-refractivity contribution in [1.29, 1.82) is 0 Å². The Balaban J connectivity index is 1.48. The molecular formula is C26H22ClFN6O3. The van der Waals surface area contributed by atoms with Crippen LogP contribution in [0.3, 0.4) is 0 Å². The van der Waals surface area contributed by atoms with E-state index in [4.69, 9.17) is 11.6 Å². The number of halogens is 2. The fourth-order valence-corrected chi connectivity index (χ4v) is 4.41. The summed E-state index contributed by atoms with van der Waals surface area (Å²) in [5.74, 6) is -1.48. The minimum atomic E-state index is -0.719. The van der Waals surface area contributed by atoms with Gasteiger partial charge in [0.05, 0.1) is 21.8 Å². The molecule has 0 aliphatic heterocycles. The second-order valence-corrected chi connectivity index (χ2v) is 9.44. The maximum Gasteiger partial charge on any atom is 0.238 e. The van der Waals surface area contributed by atoms with Crippen molar-refractivity contribution in [3.63, 3.8) is 0 Å². The number of anilines is 1. The Kier molecular flexibility index (Phi) is 6.66. The van der Waals surface area contributed by atoms with Gasteiger partial charge >= 0.3 is 0 Å². The van der Waals surface area contributed by atoms with Crippen LogP contribution in [-0.2, 0) is 4.79 Å². The van der Waals surface area contributed by atoms with Crippen LogP contribution < -0.4 is 10.0 Å². The zero-order valence-electron chi connectivity index (χ0n) is 19.8. The van der Waals surface area contributed by atoms with E-state index in [0.717, 1.165) is 12.8 Å². The number of benzene rings is 2. The van der Waals surface area contributed by atoms with Gasteiger partial charge in [-0.05, 0) is 72.2 Å². The quantitative estimate of drug-likeness (QED) is 0.208. The number of nitrogens with zero attached hydrogens (tertiary/aromatic N) is 5. The standard InChI is InChI=1S/C26H22ClFN6O3/c1-15(35)17-4-7-19(8-5-17)30-26(36)20(12-16-2-3-16)22-10-6-18(13-34(22)37)24-23(33-14-29-31-32-33)11-9-21(27)25(24)28/h4-11,13-14,16,20H,2-3,12H2,1H3,(H,30,36). The number of amides is 1. The van der Waals surface area contributed by atoms with Gasteiger partial charge < -0.3 is 10.5 Å². The number of Topliss-reactive ketones (excluding diaryl/α,β-unsaturated/α-hetero) is 1. The summed E-state index contributed by atoms with van der Waals surface area (Å²) in [7, 11) is 0. The molecule has 1 fully saturated rings. The summed E-state index contributed by atoms with van der Waals surface area (Å²) in [4.78, 5) is 24.8. The van der Waals surface area contributed by atoms with Crippen LogP contribution >= 0.6 is 11.6 Å². The molecule has 2 aromatic heterocycles. The van der Waals surface area contributed by atoms with Crippen molar-refractivity contribution in [1.82, 2.24) is 20.2 Å². The summed E-state index contributed by atoms with van der Waals surface area (Å²) >= 11 is 6.04. The second kappa shape index (κ2) is 10.1. The Labute approximate surface area is 216 Å². The molecule has 0 spiro atoms. The fraction of sp³-hybridized carbons (Fsp3) is 0.231. The summed E-state index contributed by atoms with van der Waals surface area (Å²) in [5.41, 5.74) is 1.94. The van der Waals surface area contributed by atoms with Gasteiger partial charge in [-0.25, -0.2) is 4.39 Å². The highest BCUT2D eigenvalue weighted by Gasteiger charge is 2.35. The van der Waals surface area contributed by atoms with Crippen LogP contribution in [0.4, 0.5) is 10.1 Å². The normalized spacial score (nSPS) is 13.8. The summed E-state index contributed by atoms with van der Waals surface area (Å²) in [5, 5.41) is 27.0. The van der Waals surface area contributed by atoms with Crippen molar-refractivity contribution >= 4 is 29.0 Å². The van der Waals surface area contributed by atoms with E-state index in [2.05, 4.69) is 20.8 Å². The van der Waals surface area contributed by atoms with Crippen molar-refractivity contribution in [3.8, 4) is 16.8 Å². The molecule has 1 aliphatic carbocycles. The molecule has 188 valence electrons. The lowest BCUT2D eigenvalue weighted by atomic mass is 9.95. The van der Waals surface area contributed by atoms with Gasteiger partial charge in [0, 0.05) is 17.3 Å². The first-order valence-corrected chi connectivity index (χ1v) is 12.1. The largest absolute Gasteiger partial charge is 0.618 e. The summed E-state index contributed by atoms with van der Waals surface area (Å²) in [6.45, 7) is 1.47. The average Bonchev–Trinajstić information content (AvgIpc) is 3.54. The van der Waals surface area contributed by atoms with Gasteiger partial charge in [-0.1, -0.05) is 24.4 Å². The van der Waals surface area contributed by atoms with Gasteiger partial charge in [0.25, 0.3) is 0 Å². The monoisotopic (exact) mass is 520 g/mol. The number of hydrogen-bond donors (Lipinski definition) is 1. The zero-order chi connectivity index (χ0) is 26.1. The highest BCUT2D eigenvalue weighted by molar-refractivity contribution is 6.31. The molecule has 4 aromatic rings. The molecule has 1 N–H and O–H groups in total. The van der Waals surface area contributed by atoms with Crippen molar-refractivity contribution in [2.75, 3.05) is 5.32 Å². The third-order valence-electron chi connectivity index (χ3n) is 6.40. The van der Waals surface area contributed by atoms with Gasteiger partial charge in [0.2, 0.25) is 11.6 Å². The SMILES string of the molecule is CC(=O)c1ccc(NC(=O)C(CC2CC2)c2ccc(-c3c(-n4cnnn4)ccc(Cl)c3F)c[n+]2[O-])cc1. The van der Waals surface area contributed by atoms with Gasteiger partial charge in [-0.15, -0.1) is 5.10 Å². The number of nitrogens with one attached hydrogen (secondary N) is 1. The Morgan fingerprint density at radius 3 is 2.57 bits per heavy atom. The number of hydrogen-bond acceptors (Lipinski definition) is 6. The number of rotatable bonds is 8. The lowest BCUT2D eigenvalue weighted by Crippen LogP contribution is -2.37. The molecule has 0 saturated heterocycles. The molecule has 1 saturated carbocycles. The van der Waals surface area contributed by atoms with E-state index in [-0.39, 0.29) is 33.5 Å². The van der Waals surface area contributed by atoms with Gasteiger partial charge in [-0.3, -0.25) is 9.59 Å². The molecule has 11 heteroatoms. The van der Waals surface area contributed by atoms with E-state index in [1.54, 1.807) is 36.4 Å². The Morgan fingerprint density at radius 1 is 1.19 bits per heavy atom. The molecule has 2 aromatic carbocycles. The van der Waals surface area contributed by atoms with Crippen molar-refractivity contribution < 1.29 is 18.7 Å². The predicted molar refractivity (Wildman–Crippen MR) is 134 cm³/mol. The number of pyridine rings is 1. The van der Waals surface area contributed by atoms with Crippen LogP contribution in [0.5, 0.6) is 0 Å². The highest BCUT2D eigenvalue weighted by Crippen LogP contribution is 2.39. The summed E-state index contributed by atoms with van der Waals surface area (Å²) < 4.78 is 17.0. The van der Waals surface area contributed by atoms with Crippen LogP contribution in [0.2, 0.25) is 5.02 Å². The van der Waals surface area contributed by atoms with E-state index in [1.807, 2.05) is 0 Å². The zero-order valence-corrected chi connectivity index (χ0v) is 20.5. The molecule has 9 nitrogen and oxygen atoms in total. The smallest absolute Gasteiger partial charge is 0.238 e. The van der Waals surface area contributed by atoms with E-state index < -0.39 is 11.7 Å². The molecule has 0 radical (unpaired) electrons. The van der Waals surface area contributed by atoms with E-state index >= 15 is 4.39 Å². The molecular weight excluding hydrogens is 499 g/mol. The maximum absolute atomic E-state index is 15.1. The van der Waals surface area contributed by atoms with E-state index in [0.29, 0.717) is 34.0 Å². The summed E-state index contributed by atoms with van der Waals surface area (Å²) in [6, 6.07) is 12.6. The Bertz CT molecular complexity index is 1470. The molecule has 2 heterocycles. The second-order valence-electron chi connectivity index (χ2n) is 9.03.